The highest BCUT2D eigenvalue weighted by molar-refractivity contribution is 6.31. The van der Waals surface area contributed by atoms with E-state index < -0.39 is 10.8 Å². The van der Waals surface area contributed by atoms with Gasteiger partial charge in [0.25, 0.3) is 11.6 Å². The largest absolute Gasteiger partial charge is 0.349 e. The third-order valence-corrected chi connectivity index (χ3v) is 3.28. The van der Waals surface area contributed by atoms with Crippen LogP contribution in [-0.2, 0) is 0 Å². The Balaban J connectivity index is 3.06. The monoisotopic (exact) mass is 284 g/mol. The summed E-state index contributed by atoms with van der Waals surface area (Å²) in [6.45, 7) is 7.78. The molecule has 1 aromatic carbocycles. The fourth-order valence-corrected chi connectivity index (χ4v) is 1.51. The fourth-order valence-electron chi connectivity index (χ4n) is 1.34. The Morgan fingerprint density at radius 3 is 2.47 bits per heavy atom. The lowest BCUT2D eigenvalue weighted by molar-refractivity contribution is -0.385. The van der Waals surface area contributed by atoms with Crippen molar-refractivity contribution in [1.82, 2.24) is 5.32 Å². The molecule has 1 rings (SSSR count). The molecule has 0 aliphatic rings. The number of carbonyl (C=O) groups excluding carboxylic acids is 1. The van der Waals surface area contributed by atoms with Gasteiger partial charge in [-0.1, -0.05) is 32.4 Å². The van der Waals surface area contributed by atoms with Crippen LogP contribution in [0.1, 0.15) is 38.1 Å². The normalized spacial score (nSPS) is 12.9. The molecule has 6 heteroatoms. The first-order valence-corrected chi connectivity index (χ1v) is 6.25. The fraction of sp³-hybridized carbons (Fsp3) is 0.462. The molecule has 19 heavy (non-hydrogen) atoms. The van der Waals surface area contributed by atoms with Crippen molar-refractivity contribution in [2.24, 2.45) is 5.41 Å². The van der Waals surface area contributed by atoms with Crippen LogP contribution in [-0.4, -0.2) is 16.9 Å². The van der Waals surface area contributed by atoms with Crippen molar-refractivity contribution in [3.63, 3.8) is 0 Å². The van der Waals surface area contributed by atoms with Gasteiger partial charge in [0.2, 0.25) is 0 Å². The third kappa shape index (κ3) is 3.92. The molecule has 104 valence electrons. The summed E-state index contributed by atoms with van der Waals surface area (Å²) in [5, 5.41) is 14.0. The van der Waals surface area contributed by atoms with E-state index in [1.54, 1.807) is 0 Å². The first kappa shape index (κ1) is 15.4. The summed E-state index contributed by atoms with van der Waals surface area (Å²) in [6, 6.07) is 3.81. The molecule has 0 aromatic heterocycles. The molecule has 1 aromatic rings. The van der Waals surface area contributed by atoms with Crippen molar-refractivity contribution in [2.75, 3.05) is 0 Å². The number of hydrogen-bond donors (Lipinski definition) is 1. The molecular weight excluding hydrogens is 268 g/mol. The summed E-state index contributed by atoms with van der Waals surface area (Å²) in [4.78, 5) is 22.4. The third-order valence-electron chi connectivity index (χ3n) is 3.05. The number of nitro benzene ring substituents is 1. The van der Waals surface area contributed by atoms with Crippen molar-refractivity contribution in [2.45, 2.75) is 33.7 Å². The SMILES string of the molecule is CC(NC(=O)c1cc(Cl)ccc1[N+](=O)[O-])C(C)(C)C. The summed E-state index contributed by atoms with van der Waals surface area (Å²) in [6.07, 6.45) is 0. The molecule has 0 aliphatic carbocycles. The lowest BCUT2D eigenvalue weighted by Gasteiger charge is -2.28. The molecule has 0 fully saturated rings. The summed E-state index contributed by atoms with van der Waals surface area (Å²) < 4.78 is 0. The number of amides is 1. The number of benzene rings is 1. The molecule has 1 amide bonds. The molecule has 1 N–H and O–H groups in total. The molecule has 5 nitrogen and oxygen atoms in total. The van der Waals surface area contributed by atoms with E-state index in [2.05, 4.69) is 5.32 Å². The van der Waals surface area contributed by atoms with Crippen LogP contribution in [0.25, 0.3) is 0 Å². The zero-order valence-corrected chi connectivity index (χ0v) is 12.1. The Kier molecular flexibility index (Phi) is 4.52. The van der Waals surface area contributed by atoms with Crippen LogP contribution in [0.2, 0.25) is 5.02 Å². The van der Waals surface area contributed by atoms with Crippen molar-refractivity contribution < 1.29 is 9.72 Å². The van der Waals surface area contributed by atoms with Gasteiger partial charge < -0.3 is 5.32 Å². The molecule has 0 aliphatic heterocycles. The van der Waals surface area contributed by atoms with Crippen LogP contribution in [0, 0.1) is 15.5 Å². The number of nitrogens with zero attached hydrogens (tertiary/aromatic N) is 1. The quantitative estimate of drug-likeness (QED) is 0.683. The smallest absolute Gasteiger partial charge is 0.282 e. The molecule has 1 unspecified atom stereocenters. The lowest BCUT2D eigenvalue weighted by Crippen LogP contribution is -2.41. The average Bonchev–Trinajstić information content (AvgIpc) is 2.26. The second-order valence-electron chi connectivity index (χ2n) is 5.48. The van der Waals surface area contributed by atoms with Gasteiger partial charge in [0.1, 0.15) is 5.56 Å². The molecular formula is C13H17ClN2O3. The van der Waals surface area contributed by atoms with Crippen LogP contribution in [0.15, 0.2) is 18.2 Å². The summed E-state index contributed by atoms with van der Waals surface area (Å²) in [5.41, 5.74) is -0.403. The minimum atomic E-state index is -0.590. The zero-order valence-electron chi connectivity index (χ0n) is 11.4. The molecule has 0 saturated carbocycles. The van der Waals surface area contributed by atoms with Crippen molar-refractivity contribution in [1.29, 1.82) is 0 Å². The highest BCUT2D eigenvalue weighted by atomic mass is 35.5. The molecule has 0 spiro atoms. The summed E-state index contributed by atoms with van der Waals surface area (Å²) in [5.74, 6) is -0.489. The molecule has 0 heterocycles. The van der Waals surface area contributed by atoms with E-state index in [1.807, 2.05) is 27.7 Å². The minimum Gasteiger partial charge on any atom is -0.349 e. The maximum Gasteiger partial charge on any atom is 0.282 e. The van der Waals surface area contributed by atoms with Crippen molar-refractivity contribution >= 4 is 23.2 Å². The number of hydrogen-bond acceptors (Lipinski definition) is 3. The predicted molar refractivity (Wildman–Crippen MR) is 74.5 cm³/mol. The first-order valence-electron chi connectivity index (χ1n) is 5.87. The molecule has 0 radical (unpaired) electrons. The summed E-state index contributed by atoms with van der Waals surface area (Å²) in [7, 11) is 0. The second kappa shape index (κ2) is 5.57. The molecule has 0 bridgehead atoms. The van der Waals surface area contributed by atoms with Crippen LogP contribution in [0.4, 0.5) is 5.69 Å². The van der Waals surface area contributed by atoms with Crippen LogP contribution in [0.5, 0.6) is 0 Å². The Morgan fingerprint density at radius 1 is 1.42 bits per heavy atom. The van der Waals surface area contributed by atoms with Gasteiger partial charge in [0, 0.05) is 17.1 Å². The van der Waals surface area contributed by atoms with E-state index in [4.69, 9.17) is 11.6 Å². The van der Waals surface area contributed by atoms with Crippen molar-refractivity contribution in [3.05, 3.63) is 38.9 Å². The zero-order chi connectivity index (χ0) is 14.8. The van der Waals surface area contributed by atoms with Gasteiger partial charge in [0.15, 0.2) is 0 Å². The van der Waals surface area contributed by atoms with Gasteiger partial charge in [-0.25, -0.2) is 0 Å². The lowest BCUT2D eigenvalue weighted by atomic mass is 9.88. The highest BCUT2D eigenvalue weighted by Gasteiger charge is 2.26. The first-order chi connectivity index (χ1) is 8.62. The Labute approximate surface area is 117 Å². The van der Waals surface area contributed by atoms with Gasteiger partial charge in [-0.15, -0.1) is 0 Å². The maximum absolute atomic E-state index is 12.1. The second-order valence-corrected chi connectivity index (χ2v) is 5.92. The van der Waals surface area contributed by atoms with Gasteiger partial charge in [-0.2, -0.15) is 0 Å². The van der Waals surface area contributed by atoms with Gasteiger partial charge in [-0.3, -0.25) is 14.9 Å². The number of nitro groups is 1. The Morgan fingerprint density at radius 2 is 2.00 bits per heavy atom. The van der Waals surface area contributed by atoms with Gasteiger partial charge >= 0.3 is 0 Å². The Bertz CT molecular complexity index is 509. The standard InChI is InChI=1S/C13H17ClN2O3/c1-8(13(2,3)4)15-12(17)10-7-9(14)5-6-11(10)16(18)19/h5-8H,1-4H3,(H,15,17). The van der Waals surface area contributed by atoms with E-state index in [-0.39, 0.29) is 22.7 Å². The van der Waals surface area contributed by atoms with Gasteiger partial charge in [-0.05, 0) is 24.5 Å². The maximum atomic E-state index is 12.1. The van der Waals surface area contributed by atoms with Crippen LogP contribution >= 0.6 is 11.6 Å². The number of carbonyl (C=O) groups is 1. The topological polar surface area (TPSA) is 72.2 Å². The van der Waals surface area contributed by atoms with Crippen molar-refractivity contribution in [3.8, 4) is 0 Å². The highest BCUT2D eigenvalue weighted by Crippen LogP contribution is 2.24. The number of rotatable bonds is 3. The molecule has 0 saturated heterocycles. The van der Waals surface area contributed by atoms with Crippen LogP contribution < -0.4 is 5.32 Å². The van der Waals surface area contributed by atoms with E-state index >= 15 is 0 Å². The van der Waals surface area contributed by atoms with E-state index in [9.17, 15) is 14.9 Å². The summed E-state index contributed by atoms with van der Waals surface area (Å²) >= 11 is 5.79. The minimum absolute atomic E-state index is 0.0198. The Hall–Kier alpha value is -1.62. The predicted octanol–water partition coefficient (Wildman–Crippen LogP) is 3.41. The number of nitrogens with one attached hydrogen (secondary N) is 1. The number of halogens is 1. The van der Waals surface area contributed by atoms with E-state index in [1.165, 1.54) is 18.2 Å². The van der Waals surface area contributed by atoms with Crippen LogP contribution in [0.3, 0.4) is 0 Å². The average molecular weight is 285 g/mol. The van der Waals surface area contributed by atoms with Gasteiger partial charge in [0.05, 0.1) is 4.92 Å². The molecule has 1 atom stereocenters. The van der Waals surface area contributed by atoms with E-state index in [0.29, 0.717) is 5.02 Å². The van der Waals surface area contributed by atoms with E-state index in [0.717, 1.165) is 0 Å².